The van der Waals surface area contributed by atoms with Crippen LogP contribution in [0.3, 0.4) is 0 Å². The number of piperidine rings is 1. The van der Waals surface area contributed by atoms with Gasteiger partial charge in [-0.1, -0.05) is 6.92 Å². The average Bonchev–Trinajstić information content (AvgIpc) is 2.39. The molecule has 1 fully saturated rings. The highest BCUT2D eigenvalue weighted by Crippen LogP contribution is 2.24. The Morgan fingerprint density at radius 1 is 1.32 bits per heavy atom. The molecule has 1 saturated heterocycles. The molecule has 0 bridgehead atoms. The summed E-state index contributed by atoms with van der Waals surface area (Å²) in [5.74, 6) is 3.80. The fourth-order valence-corrected chi connectivity index (χ4v) is 2.81. The van der Waals surface area contributed by atoms with Crippen LogP contribution in [0.4, 0.5) is 11.6 Å². The highest BCUT2D eigenvalue weighted by Gasteiger charge is 2.19. The topological polar surface area (TPSA) is 32.3 Å². The van der Waals surface area contributed by atoms with E-state index in [-0.39, 0.29) is 0 Å². The van der Waals surface area contributed by atoms with Crippen LogP contribution in [-0.2, 0) is 0 Å². The number of hydrogen-bond donors (Lipinski definition) is 0. The van der Waals surface area contributed by atoms with Crippen LogP contribution < -0.4 is 9.80 Å². The lowest BCUT2D eigenvalue weighted by atomic mass is 10.0. The van der Waals surface area contributed by atoms with Gasteiger partial charge in [-0.05, 0) is 39.5 Å². The lowest BCUT2D eigenvalue weighted by Crippen LogP contribution is -2.35. The van der Waals surface area contributed by atoms with Crippen molar-refractivity contribution in [1.82, 2.24) is 9.97 Å². The van der Waals surface area contributed by atoms with Gasteiger partial charge in [-0.2, -0.15) is 0 Å². The smallest absolute Gasteiger partial charge is 0.134 e. The number of anilines is 2. The monoisotopic (exact) mass is 262 g/mol. The molecule has 1 atom stereocenters. The number of rotatable bonds is 4. The van der Waals surface area contributed by atoms with Crippen molar-refractivity contribution in [1.29, 1.82) is 0 Å². The summed E-state index contributed by atoms with van der Waals surface area (Å²) >= 11 is 0. The zero-order valence-electron chi connectivity index (χ0n) is 12.7. The molecule has 0 amide bonds. The molecule has 19 heavy (non-hydrogen) atoms. The standard InChI is InChI=1S/C15H26N4/c1-5-18(6-2)14-10-15(17-13(4)16-14)19-9-7-8-12(3)11-19/h10,12H,5-9,11H2,1-4H3. The Morgan fingerprint density at radius 2 is 2.05 bits per heavy atom. The summed E-state index contributed by atoms with van der Waals surface area (Å²) in [6.45, 7) is 12.9. The second kappa shape index (κ2) is 6.22. The summed E-state index contributed by atoms with van der Waals surface area (Å²) in [7, 11) is 0. The fraction of sp³-hybridized carbons (Fsp3) is 0.733. The van der Waals surface area contributed by atoms with Crippen molar-refractivity contribution >= 4 is 11.6 Å². The summed E-state index contributed by atoms with van der Waals surface area (Å²) < 4.78 is 0. The van der Waals surface area contributed by atoms with Crippen LogP contribution in [0.2, 0.25) is 0 Å². The fourth-order valence-electron chi connectivity index (χ4n) is 2.81. The van der Waals surface area contributed by atoms with E-state index in [0.29, 0.717) is 0 Å². The average molecular weight is 262 g/mol. The van der Waals surface area contributed by atoms with Crippen LogP contribution in [0.1, 0.15) is 39.4 Å². The molecule has 1 aliphatic heterocycles. The van der Waals surface area contributed by atoms with Crippen LogP contribution in [0.5, 0.6) is 0 Å². The van der Waals surface area contributed by atoms with Gasteiger partial charge in [0.2, 0.25) is 0 Å². The second-order valence-electron chi connectivity index (χ2n) is 5.50. The third-order valence-electron chi connectivity index (χ3n) is 3.88. The third kappa shape index (κ3) is 3.37. The minimum atomic E-state index is 0.765. The van der Waals surface area contributed by atoms with Crippen molar-refractivity contribution in [2.24, 2.45) is 5.92 Å². The lowest BCUT2D eigenvalue weighted by molar-refractivity contribution is 0.444. The molecule has 2 heterocycles. The van der Waals surface area contributed by atoms with Gasteiger partial charge in [-0.15, -0.1) is 0 Å². The van der Waals surface area contributed by atoms with E-state index in [4.69, 9.17) is 0 Å². The molecule has 1 unspecified atom stereocenters. The molecule has 0 aliphatic carbocycles. The van der Waals surface area contributed by atoms with Gasteiger partial charge in [0, 0.05) is 32.2 Å². The van der Waals surface area contributed by atoms with Gasteiger partial charge in [-0.25, -0.2) is 9.97 Å². The zero-order chi connectivity index (χ0) is 13.8. The first kappa shape index (κ1) is 14.1. The molecule has 1 aromatic rings. The van der Waals surface area contributed by atoms with Crippen molar-refractivity contribution < 1.29 is 0 Å². The van der Waals surface area contributed by atoms with Gasteiger partial charge >= 0.3 is 0 Å². The summed E-state index contributed by atoms with van der Waals surface area (Å²) in [5.41, 5.74) is 0. The molecule has 0 radical (unpaired) electrons. The number of aryl methyl sites for hydroxylation is 1. The van der Waals surface area contributed by atoms with Gasteiger partial charge in [0.15, 0.2) is 0 Å². The maximum absolute atomic E-state index is 4.63. The molecule has 4 heteroatoms. The van der Waals surface area contributed by atoms with Crippen LogP contribution in [0.25, 0.3) is 0 Å². The Morgan fingerprint density at radius 3 is 2.68 bits per heavy atom. The minimum Gasteiger partial charge on any atom is -0.357 e. The highest BCUT2D eigenvalue weighted by molar-refractivity contribution is 5.51. The van der Waals surface area contributed by atoms with Crippen molar-refractivity contribution in [3.8, 4) is 0 Å². The first-order valence-electron chi connectivity index (χ1n) is 7.49. The van der Waals surface area contributed by atoms with E-state index in [0.717, 1.165) is 49.6 Å². The van der Waals surface area contributed by atoms with Crippen LogP contribution >= 0.6 is 0 Å². The Hall–Kier alpha value is -1.32. The maximum Gasteiger partial charge on any atom is 0.134 e. The molecule has 106 valence electrons. The van der Waals surface area contributed by atoms with Crippen molar-refractivity contribution in [3.63, 3.8) is 0 Å². The lowest BCUT2D eigenvalue weighted by Gasteiger charge is -2.32. The number of hydrogen-bond acceptors (Lipinski definition) is 4. The summed E-state index contributed by atoms with van der Waals surface area (Å²) in [5, 5.41) is 0. The van der Waals surface area contributed by atoms with E-state index in [1.54, 1.807) is 0 Å². The third-order valence-corrected chi connectivity index (χ3v) is 3.88. The van der Waals surface area contributed by atoms with E-state index >= 15 is 0 Å². The van der Waals surface area contributed by atoms with Gasteiger partial charge in [0.1, 0.15) is 17.5 Å². The summed E-state index contributed by atoms with van der Waals surface area (Å²) in [6, 6.07) is 2.15. The van der Waals surface area contributed by atoms with Crippen LogP contribution in [0, 0.1) is 12.8 Å². The molecular weight excluding hydrogens is 236 g/mol. The van der Waals surface area contributed by atoms with Crippen molar-refractivity contribution in [2.45, 2.75) is 40.5 Å². The summed E-state index contributed by atoms with van der Waals surface area (Å²) in [6.07, 6.45) is 2.61. The predicted molar refractivity (Wildman–Crippen MR) is 80.9 cm³/mol. The molecule has 2 rings (SSSR count). The Balaban J connectivity index is 2.25. The molecule has 1 aliphatic rings. The Bertz CT molecular complexity index is 415. The van der Waals surface area contributed by atoms with E-state index in [2.05, 4.69) is 46.6 Å². The Kier molecular flexibility index (Phi) is 4.61. The maximum atomic E-state index is 4.63. The second-order valence-corrected chi connectivity index (χ2v) is 5.50. The molecule has 0 aromatic carbocycles. The van der Waals surface area contributed by atoms with Gasteiger partial charge < -0.3 is 9.80 Å². The Labute approximate surface area is 116 Å². The largest absolute Gasteiger partial charge is 0.357 e. The molecule has 0 spiro atoms. The van der Waals surface area contributed by atoms with Gasteiger partial charge in [0.05, 0.1) is 0 Å². The molecule has 0 N–H and O–H groups in total. The minimum absolute atomic E-state index is 0.765. The van der Waals surface area contributed by atoms with Crippen molar-refractivity contribution in [3.05, 3.63) is 11.9 Å². The number of aromatic nitrogens is 2. The zero-order valence-corrected chi connectivity index (χ0v) is 12.7. The summed E-state index contributed by atoms with van der Waals surface area (Å²) in [4.78, 5) is 13.9. The van der Waals surface area contributed by atoms with Gasteiger partial charge in [-0.3, -0.25) is 0 Å². The molecule has 4 nitrogen and oxygen atoms in total. The van der Waals surface area contributed by atoms with Crippen molar-refractivity contribution in [2.75, 3.05) is 36.0 Å². The SMILES string of the molecule is CCN(CC)c1cc(N2CCCC(C)C2)nc(C)n1. The molecule has 0 saturated carbocycles. The first-order chi connectivity index (χ1) is 9.13. The van der Waals surface area contributed by atoms with E-state index in [1.807, 2.05) is 6.92 Å². The van der Waals surface area contributed by atoms with Gasteiger partial charge in [0.25, 0.3) is 0 Å². The van der Waals surface area contributed by atoms with E-state index in [1.165, 1.54) is 12.8 Å². The quantitative estimate of drug-likeness (QED) is 0.835. The first-order valence-corrected chi connectivity index (χ1v) is 7.49. The molecular formula is C15H26N4. The number of nitrogens with zero attached hydrogens (tertiary/aromatic N) is 4. The normalized spacial score (nSPS) is 19.6. The molecule has 1 aromatic heterocycles. The van der Waals surface area contributed by atoms with E-state index in [9.17, 15) is 0 Å². The van der Waals surface area contributed by atoms with E-state index < -0.39 is 0 Å². The predicted octanol–water partition coefficient (Wildman–Crippen LogP) is 2.87. The van der Waals surface area contributed by atoms with Crippen LogP contribution in [-0.4, -0.2) is 36.1 Å². The highest BCUT2D eigenvalue weighted by atomic mass is 15.2. The van der Waals surface area contributed by atoms with Crippen LogP contribution in [0.15, 0.2) is 6.07 Å².